The fourth-order valence-electron chi connectivity index (χ4n) is 3.57. The number of nitrogens with zero attached hydrogens (tertiary/aromatic N) is 2. The van der Waals surface area contributed by atoms with E-state index in [0.29, 0.717) is 6.04 Å². The lowest BCUT2D eigenvalue weighted by molar-refractivity contribution is 0.208. The van der Waals surface area contributed by atoms with E-state index < -0.39 is 0 Å². The number of halogens is 1. The molecule has 128 valence electrons. The minimum Gasteiger partial charge on any atom is -0.381 e. The van der Waals surface area contributed by atoms with Gasteiger partial charge in [0, 0.05) is 47.6 Å². The van der Waals surface area contributed by atoms with Crippen molar-refractivity contribution in [2.75, 3.05) is 18.4 Å². The van der Waals surface area contributed by atoms with Gasteiger partial charge in [0.2, 0.25) is 0 Å². The van der Waals surface area contributed by atoms with E-state index in [2.05, 4.69) is 51.6 Å². The first-order valence-corrected chi connectivity index (χ1v) is 9.21. The number of hydrogen-bond acceptors (Lipinski definition) is 3. The van der Waals surface area contributed by atoms with E-state index in [9.17, 15) is 0 Å². The van der Waals surface area contributed by atoms with Gasteiger partial charge in [0.25, 0.3) is 0 Å². The van der Waals surface area contributed by atoms with Crippen molar-refractivity contribution in [1.82, 2.24) is 9.88 Å². The molecule has 0 bridgehead atoms. The van der Waals surface area contributed by atoms with Gasteiger partial charge in [0.05, 0.1) is 0 Å². The average molecular weight is 352 g/mol. The third-order valence-corrected chi connectivity index (χ3v) is 5.09. The zero-order valence-electron chi connectivity index (χ0n) is 14.2. The third kappa shape index (κ3) is 4.12. The SMILES string of the molecule is Clc1ccc(CN2CCCC(Nc3ccc4cnccc4c3)C2)cc1. The molecule has 1 aliphatic rings. The summed E-state index contributed by atoms with van der Waals surface area (Å²) in [5, 5.41) is 6.93. The normalized spacial score (nSPS) is 18.4. The molecule has 1 aromatic heterocycles. The first-order valence-electron chi connectivity index (χ1n) is 8.83. The van der Waals surface area contributed by atoms with Crippen molar-refractivity contribution in [2.24, 2.45) is 0 Å². The predicted octanol–water partition coefficient (Wildman–Crippen LogP) is 4.96. The fraction of sp³-hybridized carbons (Fsp3) is 0.286. The molecule has 1 N–H and O–H groups in total. The molecule has 1 atom stereocenters. The first-order chi connectivity index (χ1) is 12.3. The van der Waals surface area contributed by atoms with Crippen LogP contribution < -0.4 is 5.32 Å². The van der Waals surface area contributed by atoms with Crippen LogP contribution in [0.25, 0.3) is 10.8 Å². The van der Waals surface area contributed by atoms with Gasteiger partial charge in [-0.05, 0) is 60.7 Å². The highest BCUT2D eigenvalue weighted by Crippen LogP contribution is 2.22. The van der Waals surface area contributed by atoms with Crippen LogP contribution in [-0.2, 0) is 6.54 Å². The molecule has 1 unspecified atom stereocenters. The van der Waals surface area contributed by atoms with Crippen molar-refractivity contribution in [3.05, 3.63) is 71.5 Å². The van der Waals surface area contributed by atoms with Gasteiger partial charge in [-0.25, -0.2) is 0 Å². The van der Waals surface area contributed by atoms with Gasteiger partial charge in [-0.1, -0.05) is 29.8 Å². The lowest BCUT2D eigenvalue weighted by Gasteiger charge is -2.33. The summed E-state index contributed by atoms with van der Waals surface area (Å²) in [5.41, 5.74) is 2.51. The van der Waals surface area contributed by atoms with Gasteiger partial charge in [-0.15, -0.1) is 0 Å². The molecule has 2 aromatic carbocycles. The van der Waals surface area contributed by atoms with Gasteiger partial charge in [0.15, 0.2) is 0 Å². The number of pyridine rings is 1. The molecule has 0 saturated carbocycles. The number of aromatic nitrogens is 1. The minimum atomic E-state index is 0.486. The first kappa shape index (κ1) is 16.4. The molecule has 4 rings (SSSR count). The second-order valence-corrected chi connectivity index (χ2v) is 7.22. The Hall–Kier alpha value is -2.10. The summed E-state index contributed by atoms with van der Waals surface area (Å²) in [6.45, 7) is 3.21. The van der Waals surface area contributed by atoms with E-state index in [1.54, 1.807) is 0 Å². The Morgan fingerprint density at radius 2 is 1.96 bits per heavy atom. The van der Waals surface area contributed by atoms with Crippen LogP contribution in [0.15, 0.2) is 60.9 Å². The van der Waals surface area contributed by atoms with Crippen molar-refractivity contribution < 1.29 is 0 Å². The molecule has 25 heavy (non-hydrogen) atoms. The number of hydrogen-bond donors (Lipinski definition) is 1. The van der Waals surface area contributed by atoms with Crippen LogP contribution in [-0.4, -0.2) is 29.0 Å². The molecule has 0 radical (unpaired) electrons. The molecule has 1 aliphatic heterocycles. The van der Waals surface area contributed by atoms with Gasteiger partial charge in [-0.3, -0.25) is 9.88 Å². The van der Waals surface area contributed by atoms with E-state index in [1.165, 1.54) is 34.9 Å². The Labute approximate surface area is 153 Å². The lowest BCUT2D eigenvalue weighted by Crippen LogP contribution is -2.41. The topological polar surface area (TPSA) is 28.2 Å². The Kier molecular flexibility index (Phi) is 4.86. The lowest BCUT2D eigenvalue weighted by atomic mass is 10.0. The Balaban J connectivity index is 1.41. The maximum absolute atomic E-state index is 5.98. The molecular formula is C21H22ClN3. The van der Waals surface area contributed by atoms with Gasteiger partial charge < -0.3 is 5.32 Å². The molecule has 0 spiro atoms. The predicted molar refractivity (Wildman–Crippen MR) is 105 cm³/mol. The highest BCUT2D eigenvalue weighted by Gasteiger charge is 2.19. The molecule has 3 nitrogen and oxygen atoms in total. The van der Waals surface area contributed by atoms with Crippen LogP contribution in [0.3, 0.4) is 0 Å². The van der Waals surface area contributed by atoms with Crippen molar-refractivity contribution in [3.8, 4) is 0 Å². The summed E-state index contributed by atoms with van der Waals surface area (Å²) >= 11 is 5.98. The number of nitrogens with one attached hydrogen (secondary N) is 1. The molecule has 3 aromatic rings. The van der Waals surface area contributed by atoms with E-state index in [1.807, 2.05) is 24.5 Å². The summed E-state index contributed by atoms with van der Waals surface area (Å²) in [6.07, 6.45) is 6.20. The largest absolute Gasteiger partial charge is 0.381 e. The Morgan fingerprint density at radius 3 is 2.84 bits per heavy atom. The number of anilines is 1. The molecular weight excluding hydrogens is 330 g/mol. The summed E-state index contributed by atoms with van der Waals surface area (Å²) in [7, 11) is 0. The number of rotatable bonds is 4. The standard InChI is InChI=1S/C21H22ClN3/c22-19-6-3-16(4-7-19)14-25-11-1-2-21(15-25)24-20-8-5-18-13-23-10-9-17(18)12-20/h3-10,12-13,21,24H,1-2,11,14-15H2. The third-order valence-electron chi connectivity index (χ3n) is 4.84. The van der Waals surface area contributed by atoms with Crippen LogP contribution in [0, 0.1) is 0 Å². The zero-order valence-corrected chi connectivity index (χ0v) is 14.9. The highest BCUT2D eigenvalue weighted by molar-refractivity contribution is 6.30. The van der Waals surface area contributed by atoms with Gasteiger partial charge in [0.1, 0.15) is 0 Å². The summed E-state index contributed by atoms with van der Waals surface area (Å²) in [6, 6.07) is 17.2. The molecule has 0 amide bonds. The maximum Gasteiger partial charge on any atom is 0.0406 e. The second-order valence-electron chi connectivity index (χ2n) is 6.78. The Morgan fingerprint density at radius 1 is 1.08 bits per heavy atom. The summed E-state index contributed by atoms with van der Waals surface area (Å²) < 4.78 is 0. The quantitative estimate of drug-likeness (QED) is 0.719. The fourth-order valence-corrected chi connectivity index (χ4v) is 3.70. The molecule has 1 fully saturated rings. The number of likely N-dealkylation sites (tertiary alicyclic amines) is 1. The van der Waals surface area contributed by atoms with Crippen LogP contribution in [0.5, 0.6) is 0 Å². The van der Waals surface area contributed by atoms with E-state index in [0.717, 1.165) is 24.7 Å². The van der Waals surface area contributed by atoms with Crippen molar-refractivity contribution in [3.63, 3.8) is 0 Å². The van der Waals surface area contributed by atoms with E-state index in [4.69, 9.17) is 11.6 Å². The monoisotopic (exact) mass is 351 g/mol. The zero-order chi connectivity index (χ0) is 17.1. The van der Waals surface area contributed by atoms with Gasteiger partial charge >= 0.3 is 0 Å². The van der Waals surface area contributed by atoms with Crippen molar-refractivity contribution in [1.29, 1.82) is 0 Å². The molecule has 2 heterocycles. The Bertz CT molecular complexity index is 847. The van der Waals surface area contributed by atoms with Crippen LogP contribution in [0.4, 0.5) is 5.69 Å². The minimum absolute atomic E-state index is 0.486. The van der Waals surface area contributed by atoms with Crippen molar-refractivity contribution in [2.45, 2.75) is 25.4 Å². The smallest absolute Gasteiger partial charge is 0.0406 e. The van der Waals surface area contributed by atoms with Crippen LogP contribution in [0.2, 0.25) is 5.02 Å². The molecule has 0 aliphatic carbocycles. The maximum atomic E-state index is 5.98. The highest BCUT2D eigenvalue weighted by atomic mass is 35.5. The van der Waals surface area contributed by atoms with Gasteiger partial charge in [-0.2, -0.15) is 0 Å². The van der Waals surface area contributed by atoms with Crippen molar-refractivity contribution >= 4 is 28.1 Å². The number of benzene rings is 2. The number of fused-ring (bicyclic) bond motifs is 1. The van der Waals surface area contributed by atoms with E-state index in [-0.39, 0.29) is 0 Å². The summed E-state index contributed by atoms with van der Waals surface area (Å²) in [4.78, 5) is 6.70. The van der Waals surface area contributed by atoms with E-state index >= 15 is 0 Å². The second kappa shape index (κ2) is 7.42. The number of piperidine rings is 1. The van der Waals surface area contributed by atoms with Crippen LogP contribution in [0.1, 0.15) is 18.4 Å². The van der Waals surface area contributed by atoms with Crippen LogP contribution >= 0.6 is 11.6 Å². The molecule has 1 saturated heterocycles. The molecule has 4 heteroatoms. The average Bonchev–Trinajstić information content (AvgIpc) is 2.64. The summed E-state index contributed by atoms with van der Waals surface area (Å²) in [5.74, 6) is 0.